The summed E-state index contributed by atoms with van der Waals surface area (Å²) in [7, 11) is 0. The van der Waals surface area contributed by atoms with Crippen LogP contribution in [0.15, 0.2) is 52.5 Å². The molecule has 1 N–H and O–H groups in total. The minimum absolute atomic E-state index is 0.0967. The van der Waals surface area contributed by atoms with Crippen LogP contribution in [0.4, 0.5) is 5.69 Å². The molecule has 0 fully saturated rings. The van der Waals surface area contributed by atoms with E-state index in [4.69, 9.17) is 9.47 Å². The number of benzene rings is 2. The number of ether oxygens (including phenoxy) is 2. The van der Waals surface area contributed by atoms with Crippen LogP contribution < -0.4 is 10.1 Å². The molecule has 0 spiro atoms. The Balaban J connectivity index is 2.24. The highest BCUT2D eigenvalue weighted by Crippen LogP contribution is 2.26. The molecule has 144 valence electrons. The molecule has 0 unspecified atom stereocenters. The van der Waals surface area contributed by atoms with E-state index < -0.39 is 11.9 Å². The molecule has 0 saturated carbocycles. The highest BCUT2D eigenvalue weighted by Gasteiger charge is 2.13. The van der Waals surface area contributed by atoms with Crippen molar-refractivity contribution in [1.29, 1.82) is 5.26 Å². The molecule has 1 amide bonds. The predicted octanol–water partition coefficient (Wildman–Crippen LogP) is 4.25. The van der Waals surface area contributed by atoms with Crippen molar-refractivity contribution in [2.24, 2.45) is 0 Å². The lowest BCUT2D eigenvalue weighted by atomic mass is 10.1. The van der Waals surface area contributed by atoms with Crippen LogP contribution in [0.5, 0.6) is 5.75 Å². The summed E-state index contributed by atoms with van der Waals surface area (Å²) in [5.74, 6) is -0.685. The lowest BCUT2D eigenvalue weighted by molar-refractivity contribution is -0.145. The Bertz CT molecular complexity index is 948. The summed E-state index contributed by atoms with van der Waals surface area (Å²) >= 11 is 3.35. The Kier molecular flexibility index (Phi) is 7.78. The number of rotatable bonds is 7. The molecule has 7 heteroatoms. The van der Waals surface area contributed by atoms with Gasteiger partial charge in [0.15, 0.2) is 6.61 Å². The van der Waals surface area contributed by atoms with Gasteiger partial charge in [-0.15, -0.1) is 0 Å². The third-order valence-corrected chi connectivity index (χ3v) is 4.06. The van der Waals surface area contributed by atoms with Crippen LogP contribution in [0, 0.1) is 18.3 Å². The minimum atomic E-state index is -0.538. The number of carbonyl (C=O) groups is 2. The molecular formula is C21H19BrN2O4. The van der Waals surface area contributed by atoms with E-state index in [1.54, 1.807) is 37.3 Å². The van der Waals surface area contributed by atoms with Crippen LogP contribution in [0.25, 0.3) is 6.08 Å². The zero-order valence-corrected chi connectivity index (χ0v) is 17.1. The van der Waals surface area contributed by atoms with Crippen LogP contribution in [-0.2, 0) is 14.3 Å². The van der Waals surface area contributed by atoms with Gasteiger partial charge in [-0.05, 0) is 55.8 Å². The van der Waals surface area contributed by atoms with Crippen molar-refractivity contribution in [3.8, 4) is 11.8 Å². The van der Waals surface area contributed by atoms with Gasteiger partial charge in [0.2, 0.25) is 0 Å². The average Bonchev–Trinajstić information content (AvgIpc) is 2.65. The van der Waals surface area contributed by atoms with Crippen molar-refractivity contribution in [2.45, 2.75) is 13.8 Å². The van der Waals surface area contributed by atoms with Gasteiger partial charge in [-0.1, -0.05) is 28.1 Å². The smallest absolute Gasteiger partial charge is 0.344 e. The first-order valence-corrected chi connectivity index (χ1v) is 9.30. The number of nitrogens with one attached hydrogen (secondary N) is 1. The number of halogens is 1. The van der Waals surface area contributed by atoms with Gasteiger partial charge in [-0.3, -0.25) is 4.79 Å². The Labute approximate surface area is 171 Å². The molecule has 0 saturated heterocycles. The van der Waals surface area contributed by atoms with Crippen molar-refractivity contribution < 1.29 is 19.1 Å². The van der Waals surface area contributed by atoms with E-state index in [1.807, 2.05) is 25.1 Å². The van der Waals surface area contributed by atoms with Crippen LogP contribution in [0.1, 0.15) is 18.1 Å². The van der Waals surface area contributed by atoms with Crippen LogP contribution in [-0.4, -0.2) is 25.1 Å². The Morgan fingerprint density at radius 2 is 2.04 bits per heavy atom. The highest BCUT2D eigenvalue weighted by atomic mass is 79.9. The second-order valence-corrected chi connectivity index (χ2v) is 6.68. The van der Waals surface area contributed by atoms with Gasteiger partial charge in [-0.2, -0.15) is 5.26 Å². The number of nitriles is 1. The van der Waals surface area contributed by atoms with E-state index in [1.165, 1.54) is 6.08 Å². The average molecular weight is 443 g/mol. The molecule has 0 aromatic heterocycles. The Morgan fingerprint density at radius 3 is 2.71 bits per heavy atom. The summed E-state index contributed by atoms with van der Waals surface area (Å²) in [4.78, 5) is 24.0. The molecule has 28 heavy (non-hydrogen) atoms. The Morgan fingerprint density at radius 1 is 1.25 bits per heavy atom. The highest BCUT2D eigenvalue weighted by molar-refractivity contribution is 9.10. The largest absolute Gasteiger partial charge is 0.481 e. The first-order valence-electron chi connectivity index (χ1n) is 8.50. The molecule has 0 heterocycles. The first-order chi connectivity index (χ1) is 13.4. The molecule has 2 rings (SSSR count). The van der Waals surface area contributed by atoms with Crippen LogP contribution >= 0.6 is 15.9 Å². The summed E-state index contributed by atoms with van der Waals surface area (Å²) in [6.07, 6.45) is 1.41. The maximum absolute atomic E-state index is 12.5. The van der Waals surface area contributed by atoms with Gasteiger partial charge in [0.25, 0.3) is 5.91 Å². The van der Waals surface area contributed by atoms with E-state index in [2.05, 4.69) is 21.2 Å². The maximum Gasteiger partial charge on any atom is 0.344 e. The summed E-state index contributed by atoms with van der Waals surface area (Å²) in [5, 5.41) is 12.1. The number of hydrogen-bond acceptors (Lipinski definition) is 5. The zero-order valence-electron chi connectivity index (χ0n) is 15.5. The van der Waals surface area contributed by atoms with E-state index in [-0.39, 0.29) is 18.8 Å². The summed E-state index contributed by atoms with van der Waals surface area (Å²) in [5.41, 5.74) is 1.97. The number of anilines is 1. The maximum atomic E-state index is 12.5. The minimum Gasteiger partial charge on any atom is -0.481 e. The van der Waals surface area contributed by atoms with E-state index in [0.29, 0.717) is 17.0 Å². The SMILES string of the molecule is CCOC(=O)COc1ccc(Br)cc1/C=C(\C#N)C(=O)Nc1cccc(C)c1. The van der Waals surface area contributed by atoms with Gasteiger partial charge in [0, 0.05) is 15.7 Å². The van der Waals surface area contributed by atoms with Crippen molar-refractivity contribution in [3.05, 3.63) is 63.6 Å². The van der Waals surface area contributed by atoms with Crippen molar-refractivity contribution in [1.82, 2.24) is 0 Å². The molecule has 0 radical (unpaired) electrons. The molecule has 2 aromatic carbocycles. The first kappa shape index (κ1) is 21.2. The summed E-state index contributed by atoms with van der Waals surface area (Å²) in [6.45, 7) is 3.60. The molecule has 0 aliphatic heterocycles. The third kappa shape index (κ3) is 6.25. The number of carbonyl (C=O) groups excluding carboxylic acids is 2. The van der Waals surface area contributed by atoms with Crippen LogP contribution in [0.3, 0.4) is 0 Å². The quantitative estimate of drug-likeness (QED) is 0.393. The molecule has 0 aliphatic rings. The van der Waals surface area contributed by atoms with Crippen molar-refractivity contribution in [2.75, 3.05) is 18.5 Å². The fourth-order valence-corrected chi connectivity index (χ4v) is 2.71. The van der Waals surface area contributed by atoms with Gasteiger partial charge in [0.1, 0.15) is 17.4 Å². The predicted molar refractivity (Wildman–Crippen MR) is 110 cm³/mol. The molecule has 0 bridgehead atoms. The number of hydrogen-bond donors (Lipinski definition) is 1. The van der Waals surface area contributed by atoms with Gasteiger partial charge in [-0.25, -0.2) is 4.79 Å². The summed E-state index contributed by atoms with van der Waals surface area (Å²) < 4.78 is 11.1. The topological polar surface area (TPSA) is 88.4 Å². The lowest BCUT2D eigenvalue weighted by Crippen LogP contribution is -2.15. The normalized spacial score (nSPS) is 10.7. The second-order valence-electron chi connectivity index (χ2n) is 5.77. The molecule has 0 aliphatic carbocycles. The molecule has 2 aromatic rings. The zero-order chi connectivity index (χ0) is 20.5. The second kappa shape index (κ2) is 10.3. The van der Waals surface area contributed by atoms with Gasteiger partial charge < -0.3 is 14.8 Å². The Hall–Kier alpha value is -3.11. The standard InChI is InChI=1S/C21H19BrN2O4/c1-3-27-20(25)13-28-19-8-7-17(22)11-15(19)10-16(12-23)21(26)24-18-6-4-5-14(2)9-18/h4-11H,3,13H2,1-2H3,(H,24,26)/b16-10+. The number of esters is 1. The number of nitrogens with zero attached hydrogens (tertiary/aromatic N) is 1. The molecular weight excluding hydrogens is 424 g/mol. The third-order valence-electron chi connectivity index (χ3n) is 3.56. The van der Waals surface area contributed by atoms with Crippen molar-refractivity contribution in [3.63, 3.8) is 0 Å². The van der Waals surface area contributed by atoms with E-state index in [0.717, 1.165) is 10.0 Å². The monoisotopic (exact) mass is 442 g/mol. The summed E-state index contributed by atoms with van der Waals surface area (Å²) in [6, 6.07) is 14.2. The van der Waals surface area contributed by atoms with E-state index >= 15 is 0 Å². The molecule has 0 atom stereocenters. The lowest BCUT2D eigenvalue weighted by Gasteiger charge is -2.10. The fraction of sp³-hybridized carbons (Fsp3) is 0.190. The number of amides is 1. The fourth-order valence-electron chi connectivity index (χ4n) is 2.33. The van der Waals surface area contributed by atoms with Crippen LogP contribution in [0.2, 0.25) is 0 Å². The molecule has 6 nitrogen and oxygen atoms in total. The van der Waals surface area contributed by atoms with Gasteiger partial charge >= 0.3 is 5.97 Å². The van der Waals surface area contributed by atoms with Crippen molar-refractivity contribution >= 4 is 39.6 Å². The van der Waals surface area contributed by atoms with Gasteiger partial charge in [0.05, 0.1) is 6.61 Å². The van der Waals surface area contributed by atoms with E-state index in [9.17, 15) is 14.9 Å². The number of aryl methyl sites for hydroxylation is 1.